The molecule has 0 rings (SSSR count). The quantitative estimate of drug-likeness (QED) is 0.354. The third-order valence-corrected chi connectivity index (χ3v) is 2.54. The smallest absolute Gasteiger partial charge is 1.00 e. The van der Waals surface area contributed by atoms with E-state index in [9.17, 15) is 0 Å². The van der Waals surface area contributed by atoms with E-state index in [-0.39, 0.29) is 40.0 Å². The summed E-state index contributed by atoms with van der Waals surface area (Å²) < 4.78 is 0. The van der Waals surface area contributed by atoms with Crippen LogP contribution in [0.1, 0.15) is 65.2 Å². The van der Waals surface area contributed by atoms with Crippen LogP contribution in [-0.4, -0.2) is 23.1 Å². The van der Waals surface area contributed by atoms with E-state index in [1.807, 2.05) is 0 Å². The van der Waals surface area contributed by atoms with Gasteiger partial charge < -0.3 is 23.9 Å². The number of rotatable bonds is 8. The molecule has 2 heteroatoms. The molecule has 0 aromatic rings. The molecule has 0 bridgehead atoms. The Bertz CT molecular complexity index is 86.4. The molecule has 0 saturated carbocycles. The number of halogens is 1. The Morgan fingerprint density at radius 3 is 1.93 bits per heavy atom. The van der Waals surface area contributed by atoms with Gasteiger partial charge in [-0.2, -0.15) is 5.92 Å². The van der Waals surface area contributed by atoms with Gasteiger partial charge in [-0.1, -0.05) is 65.2 Å². The normalized spacial score (nSPS) is 11.4. The summed E-state index contributed by atoms with van der Waals surface area (Å²) in [4.78, 5) is 0. The summed E-state index contributed by atoms with van der Waals surface area (Å²) >= 11 is 0. The van der Waals surface area contributed by atoms with E-state index in [0.717, 1.165) is 0 Å². The number of hydrogen-bond donors (Lipinski definition) is 0. The largest absolute Gasteiger partial charge is 2.00 e. The first kappa shape index (κ1) is 20.6. The van der Waals surface area contributed by atoms with Gasteiger partial charge in [0.25, 0.3) is 0 Å². The number of hydrogen-bond acceptors (Lipinski definition) is 0. The Morgan fingerprint density at radius 1 is 0.929 bits per heavy atom. The van der Waals surface area contributed by atoms with Crippen LogP contribution in [0.2, 0.25) is 0 Å². The fourth-order valence-electron chi connectivity index (χ4n) is 1.42. The first-order chi connectivity index (χ1) is 5.81. The minimum absolute atomic E-state index is 0. The van der Waals surface area contributed by atoms with Gasteiger partial charge in [0.05, 0.1) is 0 Å². The summed E-state index contributed by atoms with van der Waals surface area (Å²) in [5.41, 5.74) is 0. The van der Waals surface area contributed by atoms with Crippen molar-refractivity contribution in [3.63, 3.8) is 0 Å². The Kier molecular flexibility index (Phi) is 24.6. The Balaban J connectivity index is -0.000000605. The van der Waals surface area contributed by atoms with Crippen molar-refractivity contribution in [3.8, 4) is 0 Å². The van der Waals surface area contributed by atoms with Crippen LogP contribution in [0.5, 0.6) is 0 Å². The standard InChI is InChI=1S/C12H25.BrH.Mg/c1-4-6-7-8-9-10-11-12(3)5-2;;/h12H,3-11H2,1-2H3;1H;/q-1;;+2/p-1. The zero-order chi connectivity index (χ0) is 9.23. The molecule has 0 aliphatic carbocycles. The molecule has 0 radical (unpaired) electrons. The van der Waals surface area contributed by atoms with E-state index < -0.39 is 0 Å². The second kappa shape index (κ2) is 16.7. The van der Waals surface area contributed by atoms with Gasteiger partial charge in [-0.15, -0.1) is 0 Å². The van der Waals surface area contributed by atoms with Crippen LogP contribution in [0.3, 0.4) is 0 Å². The second-order valence-corrected chi connectivity index (χ2v) is 3.83. The monoisotopic (exact) mass is 272 g/mol. The molecule has 0 aromatic carbocycles. The summed E-state index contributed by atoms with van der Waals surface area (Å²) in [6.07, 6.45) is 11.0. The molecule has 0 aliphatic rings. The fourth-order valence-corrected chi connectivity index (χ4v) is 1.42. The molecular formula is C12H25BrMg. The third-order valence-electron chi connectivity index (χ3n) is 2.54. The molecule has 0 nitrogen and oxygen atoms in total. The SMILES string of the molecule is [Br-].[CH2-]C(CC)CCCCCCCC.[Mg+2]. The molecule has 0 amide bonds. The van der Waals surface area contributed by atoms with Gasteiger partial charge >= 0.3 is 23.1 Å². The molecule has 0 fully saturated rings. The fraction of sp³-hybridized carbons (Fsp3) is 0.917. The van der Waals surface area contributed by atoms with E-state index in [0.29, 0.717) is 5.92 Å². The summed E-state index contributed by atoms with van der Waals surface area (Å²) in [6.45, 7) is 8.59. The van der Waals surface area contributed by atoms with Crippen molar-refractivity contribution >= 4 is 23.1 Å². The van der Waals surface area contributed by atoms with E-state index in [2.05, 4.69) is 20.8 Å². The maximum atomic E-state index is 4.09. The van der Waals surface area contributed by atoms with Crippen LogP contribution in [-0.2, 0) is 0 Å². The van der Waals surface area contributed by atoms with Crippen LogP contribution >= 0.6 is 0 Å². The Labute approximate surface area is 118 Å². The van der Waals surface area contributed by atoms with E-state index in [4.69, 9.17) is 0 Å². The van der Waals surface area contributed by atoms with Crippen molar-refractivity contribution in [2.75, 3.05) is 0 Å². The summed E-state index contributed by atoms with van der Waals surface area (Å²) in [5.74, 6) is 0.705. The Morgan fingerprint density at radius 2 is 1.43 bits per heavy atom. The average molecular weight is 274 g/mol. The number of unbranched alkanes of at least 4 members (excludes halogenated alkanes) is 5. The molecule has 0 aromatic heterocycles. The van der Waals surface area contributed by atoms with E-state index >= 15 is 0 Å². The van der Waals surface area contributed by atoms with Gasteiger partial charge in [-0.05, 0) is 0 Å². The minimum Gasteiger partial charge on any atom is -1.00 e. The van der Waals surface area contributed by atoms with Crippen LogP contribution in [0.25, 0.3) is 0 Å². The zero-order valence-electron chi connectivity index (χ0n) is 10.0. The molecule has 1 atom stereocenters. The molecule has 1 unspecified atom stereocenters. The molecular weight excluding hydrogens is 248 g/mol. The van der Waals surface area contributed by atoms with Gasteiger partial charge in [-0.25, -0.2) is 0 Å². The molecule has 82 valence electrons. The summed E-state index contributed by atoms with van der Waals surface area (Å²) in [6, 6.07) is 0. The van der Waals surface area contributed by atoms with Gasteiger partial charge in [0.15, 0.2) is 0 Å². The van der Waals surface area contributed by atoms with Gasteiger partial charge in [-0.3, -0.25) is 0 Å². The Hall–Kier alpha value is 1.25. The predicted molar refractivity (Wildman–Crippen MR) is 62.9 cm³/mol. The van der Waals surface area contributed by atoms with Crippen LogP contribution in [0.15, 0.2) is 0 Å². The van der Waals surface area contributed by atoms with Crippen molar-refractivity contribution in [2.45, 2.75) is 65.2 Å². The van der Waals surface area contributed by atoms with Crippen LogP contribution < -0.4 is 17.0 Å². The molecule has 0 N–H and O–H groups in total. The first-order valence-electron chi connectivity index (χ1n) is 5.64. The first-order valence-corrected chi connectivity index (χ1v) is 5.64. The summed E-state index contributed by atoms with van der Waals surface area (Å²) in [5, 5.41) is 0. The maximum Gasteiger partial charge on any atom is 2.00 e. The van der Waals surface area contributed by atoms with Crippen molar-refractivity contribution in [3.05, 3.63) is 6.92 Å². The van der Waals surface area contributed by atoms with Gasteiger partial charge in [0, 0.05) is 0 Å². The van der Waals surface area contributed by atoms with Crippen LogP contribution in [0, 0.1) is 12.8 Å². The molecule has 0 spiro atoms. The van der Waals surface area contributed by atoms with Gasteiger partial charge in [0.1, 0.15) is 0 Å². The van der Waals surface area contributed by atoms with Crippen LogP contribution in [0.4, 0.5) is 0 Å². The van der Waals surface area contributed by atoms with E-state index in [1.165, 1.54) is 51.4 Å². The maximum absolute atomic E-state index is 4.09. The molecule has 0 saturated heterocycles. The molecule has 0 heterocycles. The average Bonchev–Trinajstić information content (AvgIpc) is 2.10. The third kappa shape index (κ3) is 15.7. The predicted octanol–water partition coefficient (Wildman–Crippen LogP) is 1.22. The van der Waals surface area contributed by atoms with Gasteiger partial charge in [0.2, 0.25) is 0 Å². The van der Waals surface area contributed by atoms with Crippen molar-refractivity contribution in [1.29, 1.82) is 0 Å². The molecule has 0 aliphatic heterocycles. The van der Waals surface area contributed by atoms with Crippen molar-refractivity contribution < 1.29 is 17.0 Å². The molecule has 14 heavy (non-hydrogen) atoms. The van der Waals surface area contributed by atoms with Crippen molar-refractivity contribution in [1.82, 2.24) is 0 Å². The topological polar surface area (TPSA) is 0 Å². The minimum atomic E-state index is 0. The summed E-state index contributed by atoms with van der Waals surface area (Å²) in [7, 11) is 0. The van der Waals surface area contributed by atoms with Crippen molar-refractivity contribution in [2.24, 2.45) is 5.92 Å². The van der Waals surface area contributed by atoms with E-state index in [1.54, 1.807) is 0 Å². The zero-order valence-corrected chi connectivity index (χ0v) is 13.0. The second-order valence-electron chi connectivity index (χ2n) is 3.83.